The van der Waals surface area contributed by atoms with E-state index in [1.807, 2.05) is 30.3 Å². The Bertz CT molecular complexity index is 595. The second kappa shape index (κ2) is 6.43. The van der Waals surface area contributed by atoms with E-state index < -0.39 is 0 Å². The van der Waals surface area contributed by atoms with Gasteiger partial charge >= 0.3 is 0 Å². The highest BCUT2D eigenvalue weighted by Gasteiger charge is 2.27. The Hall–Kier alpha value is -2.30. The molecule has 5 heteroatoms. The molecule has 1 atom stereocenters. The van der Waals surface area contributed by atoms with Gasteiger partial charge in [-0.05, 0) is 31.4 Å². The summed E-state index contributed by atoms with van der Waals surface area (Å²) in [5.41, 5.74) is 2.14. The summed E-state index contributed by atoms with van der Waals surface area (Å²) < 4.78 is 5.56. The first-order valence-corrected chi connectivity index (χ1v) is 7.32. The number of para-hydroxylation sites is 1. The van der Waals surface area contributed by atoms with Crippen molar-refractivity contribution in [3.63, 3.8) is 0 Å². The molecule has 1 aromatic heterocycles. The molecule has 21 heavy (non-hydrogen) atoms. The fraction of sp³-hybridized carbons (Fsp3) is 0.375. The molecule has 0 aliphatic heterocycles. The summed E-state index contributed by atoms with van der Waals surface area (Å²) in [6, 6.07) is 9.61. The number of nitrogens with one attached hydrogen (secondary N) is 2. The lowest BCUT2D eigenvalue weighted by atomic mass is 9.86. The smallest absolute Gasteiger partial charge is 0.227 e. The van der Waals surface area contributed by atoms with Gasteiger partial charge in [-0.1, -0.05) is 18.2 Å². The number of fused-ring (bicyclic) bond motifs is 1. The van der Waals surface area contributed by atoms with Gasteiger partial charge in [0.05, 0.1) is 18.7 Å². The maximum atomic E-state index is 12.3. The quantitative estimate of drug-likeness (QED) is 0.826. The van der Waals surface area contributed by atoms with Gasteiger partial charge in [-0.2, -0.15) is 5.10 Å². The molecule has 2 N–H and O–H groups in total. The molecule has 1 unspecified atom stereocenters. The minimum absolute atomic E-state index is 0.0639. The zero-order chi connectivity index (χ0) is 14.5. The first-order valence-electron chi connectivity index (χ1n) is 7.32. The number of carbonyl (C=O) groups is 1. The van der Waals surface area contributed by atoms with Gasteiger partial charge < -0.3 is 10.1 Å². The largest absolute Gasteiger partial charge is 0.492 e. The third kappa shape index (κ3) is 3.24. The van der Waals surface area contributed by atoms with Crippen LogP contribution in [0.25, 0.3) is 0 Å². The number of ether oxygens (including phenoxy) is 1. The average Bonchev–Trinajstić information content (AvgIpc) is 3.01. The van der Waals surface area contributed by atoms with E-state index in [2.05, 4.69) is 15.5 Å². The maximum Gasteiger partial charge on any atom is 0.227 e. The Balaban J connectivity index is 1.47. The number of nitrogens with zero attached hydrogens (tertiary/aromatic N) is 1. The summed E-state index contributed by atoms with van der Waals surface area (Å²) in [7, 11) is 0. The lowest BCUT2D eigenvalue weighted by Gasteiger charge is -2.21. The summed E-state index contributed by atoms with van der Waals surface area (Å²) in [4.78, 5) is 12.3. The van der Waals surface area contributed by atoms with E-state index in [1.54, 1.807) is 6.20 Å². The van der Waals surface area contributed by atoms with Crippen LogP contribution in [0.1, 0.15) is 30.0 Å². The molecule has 0 saturated heterocycles. The Morgan fingerprint density at radius 1 is 1.38 bits per heavy atom. The lowest BCUT2D eigenvalue weighted by Crippen LogP contribution is -2.33. The molecular weight excluding hydrogens is 266 g/mol. The molecule has 0 spiro atoms. The van der Waals surface area contributed by atoms with Crippen LogP contribution in [0.15, 0.2) is 36.5 Å². The Kier molecular flexibility index (Phi) is 4.19. The number of hydrogen-bond acceptors (Lipinski definition) is 3. The number of hydrogen-bond donors (Lipinski definition) is 2. The zero-order valence-electron chi connectivity index (χ0n) is 11.8. The van der Waals surface area contributed by atoms with Gasteiger partial charge in [0.2, 0.25) is 5.91 Å². The maximum absolute atomic E-state index is 12.3. The molecule has 2 aromatic rings. The molecular formula is C16H19N3O2. The zero-order valence-corrected chi connectivity index (χ0v) is 11.8. The van der Waals surface area contributed by atoms with E-state index in [0.717, 1.165) is 36.3 Å². The number of aryl methyl sites for hydroxylation is 1. The van der Waals surface area contributed by atoms with Crippen molar-refractivity contribution in [2.75, 3.05) is 13.2 Å². The Labute approximate surface area is 123 Å². The SMILES string of the molecule is O=C(NCCOc1ccccc1)C1CCCc2[nH]ncc21. The second-order valence-electron chi connectivity index (χ2n) is 5.20. The van der Waals surface area contributed by atoms with E-state index >= 15 is 0 Å². The minimum atomic E-state index is -0.0794. The van der Waals surface area contributed by atoms with Gasteiger partial charge in [-0.15, -0.1) is 0 Å². The fourth-order valence-corrected chi connectivity index (χ4v) is 2.72. The van der Waals surface area contributed by atoms with Gasteiger partial charge in [0.15, 0.2) is 0 Å². The van der Waals surface area contributed by atoms with Crippen molar-refractivity contribution in [1.82, 2.24) is 15.5 Å². The van der Waals surface area contributed by atoms with Crippen LogP contribution in [0.3, 0.4) is 0 Å². The van der Waals surface area contributed by atoms with Crippen LogP contribution in [0, 0.1) is 0 Å². The fourth-order valence-electron chi connectivity index (χ4n) is 2.72. The van der Waals surface area contributed by atoms with Gasteiger partial charge in [0, 0.05) is 11.3 Å². The van der Waals surface area contributed by atoms with Crippen molar-refractivity contribution >= 4 is 5.91 Å². The van der Waals surface area contributed by atoms with E-state index in [4.69, 9.17) is 4.74 Å². The first kappa shape index (κ1) is 13.7. The highest BCUT2D eigenvalue weighted by Crippen LogP contribution is 2.30. The predicted molar refractivity (Wildman–Crippen MR) is 79.2 cm³/mol. The van der Waals surface area contributed by atoms with E-state index in [-0.39, 0.29) is 11.8 Å². The molecule has 1 aliphatic rings. The first-order chi connectivity index (χ1) is 10.3. The predicted octanol–water partition coefficient (Wildman–Crippen LogP) is 2.02. The summed E-state index contributed by atoms with van der Waals surface area (Å²) in [6.45, 7) is 0.984. The molecule has 0 fully saturated rings. The van der Waals surface area contributed by atoms with Crippen LogP contribution in [-0.2, 0) is 11.2 Å². The third-order valence-electron chi connectivity index (χ3n) is 3.78. The Morgan fingerprint density at radius 3 is 3.10 bits per heavy atom. The van der Waals surface area contributed by atoms with Crippen LogP contribution >= 0.6 is 0 Å². The molecule has 0 bridgehead atoms. The van der Waals surface area contributed by atoms with Gasteiger partial charge in [0.25, 0.3) is 0 Å². The standard InChI is InChI=1S/C16H19N3O2/c20-16(13-7-4-8-15-14(13)11-18-19-15)17-9-10-21-12-5-2-1-3-6-12/h1-3,5-6,11,13H,4,7-10H2,(H,17,20)(H,18,19). The third-order valence-corrected chi connectivity index (χ3v) is 3.78. The highest BCUT2D eigenvalue weighted by molar-refractivity contribution is 5.84. The van der Waals surface area contributed by atoms with Gasteiger partial charge in [-0.3, -0.25) is 9.89 Å². The molecule has 1 aliphatic carbocycles. The lowest BCUT2D eigenvalue weighted by molar-refractivity contribution is -0.123. The monoisotopic (exact) mass is 285 g/mol. The van der Waals surface area contributed by atoms with Crippen LogP contribution in [0.4, 0.5) is 0 Å². The minimum Gasteiger partial charge on any atom is -0.492 e. The van der Waals surface area contributed by atoms with Crippen molar-refractivity contribution in [1.29, 1.82) is 0 Å². The summed E-state index contributed by atoms with van der Waals surface area (Å²) in [5, 5.41) is 9.97. The number of amides is 1. The van der Waals surface area contributed by atoms with Crippen LogP contribution < -0.4 is 10.1 Å². The summed E-state index contributed by atoms with van der Waals surface area (Å²) in [5.74, 6) is 0.805. The molecule has 1 amide bonds. The number of rotatable bonds is 5. The van der Waals surface area contributed by atoms with Gasteiger partial charge in [0.1, 0.15) is 12.4 Å². The molecule has 1 aromatic carbocycles. The molecule has 0 saturated carbocycles. The molecule has 110 valence electrons. The number of carbonyl (C=O) groups excluding carboxylic acids is 1. The van der Waals surface area contributed by atoms with Crippen molar-refractivity contribution in [3.05, 3.63) is 47.8 Å². The highest BCUT2D eigenvalue weighted by atomic mass is 16.5. The second-order valence-corrected chi connectivity index (χ2v) is 5.20. The summed E-state index contributed by atoms with van der Waals surface area (Å²) >= 11 is 0. The van der Waals surface area contributed by atoms with Crippen molar-refractivity contribution in [2.45, 2.75) is 25.2 Å². The average molecular weight is 285 g/mol. The van der Waals surface area contributed by atoms with Crippen molar-refractivity contribution < 1.29 is 9.53 Å². The Morgan fingerprint density at radius 2 is 2.24 bits per heavy atom. The van der Waals surface area contributed by atoms with E-state index in [9.17, 15) is 4.79 Å². The number of benzene rings is 1. The molecule has 3 rings (SSSR count). The van der Waals surface area contributed by atoms with E-state index in [1.165, 1.54) is 0 Å². The van der Waals surface area contributed by atoms with Crippen molar-refractivity contribution in [2.24, 2.45) is 0 Å². The van der Waals surface area contributed by atoms with E-state index in [0.29, 0.717) is 13.2 Å². The topological polar surface area (TPSA) is 67.0 Å². The molecule has 0 radical (unpaired) electrons. The number of aromatic amines is 1. The normalized spacial score (nSPS) is 17.0. The molecule has 5 nitrogen and oxygen atoms in total. The number of H-pyrrole nitrogens is 1. The van der Waals surface area contributed by atoms with Crippen LogP contribution in [-0.4, -0.2) is 29.3 Å². The van der Waals surface area contributed by atoms with Crippen LogP contribution in [0.2, 0.25) is 0 Å². The summed E-state index contributed by atoms with van der Waals surface area (Å²) in [6.07, 6.45) is 4.67. The van der Waals surface area contributed by atoms with Crippen LogP contribution in [0.5, 0.6) is 5.75 Å². The van der Waals surface area contributed by atoms with Crippen molar-refractivity contribution in [3.8, 4) is 5.75 Å². The molecule has 1 heterocycles. The number of aromatic nitrogens is 2. The van der Waals surface area contributed by atoms with Gasteiger partial charge in [-0.25, -0.2) is 0 Å².